The van der Waals surface area contributed by atoms with E-state index >= 15 is 0 Å². The number of benzene rings is 1. The van der Waals surface area contributed by atoms with Gasteiger partial charge in [0.25, 0.3) is 0 Å². The first-order valence-electron chi connectivity index (χ1n) is 16.4. The number of amides is 1. The fourth-order valence-corrected chi connectivity index (χ4v) is 5.00. The monoisotopic (exact) mass is 683 g/mol. The van der Waals surface area contributed by atoms with Crippen molar-refractivity contribution in [3.8, 4) is 17.6 Å². The number of aliphatic hydroxyl groups excluding tert-OH is 1. The van der Waals surface area contributed by atoms with Crippen molar-refractivity contribution >= 4 is 75.0 Å². The van der Waals surface area contributed by atoms with Crippen molar-refractivity contribution in [1.82, 2.24) is 5.32 Å². The zero-order chi connectivity index (χ0) is 34.2. The van der Waals surface area contributed by atoms with Crippen molar-refractivity contribution in [3.05, 3.63) is 42.0 Å². The Morgan fingerprint density at radius 3 is 2.15 bits per heavy atom. The van der Waals surface area contributed by atoms with E-state index in [0.717, 1.165) is 38.5 Å². The van der Waals surface area contributed by atoms with Gasteiger partial charge in [-0.05, 0) is 50.3 Å². The Bertz CT molecular complexity index is 1160. The standard InChI is InChI=1S/C36H53NO9.K.H/c1-4-6-8-11-14-17-29(39)18-15-12-9-10-13-16-19-31(36(44,24-25-38)35(42)43)33(40)37-32(34(41)45-3)27-28-20-22-30(23-21-28)46-26-7-5-2;;/h16,19-23,31-32,38,44H,4,6,8-15,17-18,24-27H2,1-3H3,(H,37,40)(H,42,43);;/b19-16+;;/t31-,32+,36+;;/m1../s1. The molecule has 258 valence electrons. The first kappa shape index (κ1) is 45.0. The fraction of sp³-hybridized carbons (Fsp3) is 0.611. The number of aliphatic carboxylic acids is 1. The Morgan fingerprint density at radius 2 is 1.60 bits per heavy atom. The fourth-order valence-electron chi connectivity index (χ4n) is 5.00. The van der Waals surface area contributed by atoms with Gasteiger partial charge in [-0.15, -0.1) is 5.92 Å². The first-order valence-corrected chi connectivity index (χ1v) is 16.4. The molecule has 0 bridgehead atoms. The van der Waals surface area contributed by atoms with E-state index < -0.39 is 48.4 Å². The van der Waals surface area contributed by atoms with Crippen molar-refractivity contribution in [2.45, 2.75) is 115 Å². The zero-order valence-corrected chi connectivity index (χ0v) is 27.7. The van der Waals surface area contributed by atoms with Crippen LogP contribution in [0.15, 0.2) is 36.4 Å². The molecule has 0 aliphatic heterocycles. The molecule has 10 nitrogen and oxygen atoms in total. The molecule has 0 fully saturated rings. The second-order valence-electron chi connectivity index (χ2n) is 11.4. The summed E-state index contributed by atoms with van der Waals surface area (Å²) >= 11 is 0. The van der Waals surface area contributed by atoms with Gasteiger partial charge in [-0.2, -0.15) is 0 Å². The summed E-state index contributed by atoms with van der Waals surface area (Å²) in [5.41, 5.74) is -1.93. The predicted octanol–water partition coefficient (Wildman–Crippen LogP) is 4.28. The summed E-state index contributed by atoms with van der Waals surface area (Å²) in [6.07, 6.45) is 13.0. The van der Waals surface area contributed by atoms with Gasteiger partial charge in [0.15, 0.2) is 5.60 Å². The SMILES string of the molecule is CC#CCOc1ccc(C[C@H](NC(=O)[C@@H](/C=C/CCCCCCC(=O)CCCCCCC)[C@@](O)(CCO)C(=O)O)C(=O)OC)cc1.[KH]. The van der Waals surface area contributed by atoms with Crippen LogP contribution in [0.4, 0.5) is 0 Å². The number of unbranched alkanes of at least 4 members (excludes halogenated alkanes) is 8. The van der Waals surface area contributed by atoms with Crippen LogP contribution in [0, 0.1) is 17.8 Å². The Balaban J connectivity index is 0.0000212. The van der Waals surface area contributed by atoms with E-state index in [1.807, 2.05) is 0 Å². The van der Waals surface area contributed by atoms with Crippen LogP contribution in [0.25, 0.3) is 0 Å². The summed E-state index contributed by atoms with van der Waals surface area (Å²) in [4.78, 5) is 50.2. The zero-order valence-electron chi connectivity index (χ0n) is 27.7. The maximum atomic E-state index is 13.4. The molecule has 0 aliphatic rings. The Hall–Kier alpha value is -2.04. The van der Waals surface area contributed by atoms with Gasteiger partial charge in [0.05, 0.1) is 13.0 Å². The van der Waals surface area contributed by atoms with Crippen molar-refractivity contribution in [3.63, 3.8) is 0 Å². The maximum absolute atomic E-state index is 13.4. The van der Waals surface area contributed by atoms with E-state index in [0.29, 0.717) is 36.4 Å². The number of ketones is 1. The van der Waals surface area contributed by atoms with E-state index in [1.165, 1.54) is 32.4 Å². The van der Waals surface area contributed by atoms with Gasteiger partial charge in [-0.3, -0.25) is 9.59 Å². The molecule has 0 aromatic heterocycles. The first-order chi connectivity index (χ1) is 22.1. The Kier molecular flexibility index (Phi) is 25.7. The third-order valence-electron chi connectivity index (χ3n) is 7.78. The summed E-state index contributed by atoms with van der Waals surface area (Å²) in [7, 11) is 1.18. The van der Waals surface area contributed by atoms with Gasteiger partial charge < -0.3 is 30.1 Å². The van der Waals surface area contributed by atoms with Gasteiger partial charge in [0.1, 0.15) is 24.2 Å². The molecule has 0 aliphatic carbocycles. The Labute approximate surface area is 322 Å². The van der Waals surface area contributed by atoms with E-state index in [2.05, 4.69) is 24.1 Å². The summed E-state index contributed by atoms with van der Waals surface area (Å²) in [6, 6.07) is 5.67. The molecule has 0 radical (unpaired) electrons. The number of nitrogens with one attached hydrogen (secondary N) is 1. The number of hydrogen-bond acceptors (Lipinski definition) is 8. The van der Waals surface area contributed by atoms with Crippen LogP contribution in [0.2, 0.25) is 0 Å². The quantitative estimate of drug-likeness (QED) is 0.0388. The number of carboxylic acids is 1. The van der Waals surface area contributed by atoms with E-state index in [9.17, 15) is 34.5 Å². The van der Waals surface area contributed by atoms with Gasteiger partial charge in [-0.25, -0.2) is 9.59 Å². The summed E-state index contributed by atoms with van der Waals surface area (Å²) in [5.74, 6) is 1.52. The molecule has 1 aromatic carbocycles. The van der Waals surface area contributed by atoms with Gasteiger partial charge in [-0.1, -0.05) is 75.7 Å². The number of hydrogen-bond donors (Lipinski definition) is 4. The number of aliphatic hydroxyl groups is 2. The molecule has 0 unspecified atom stereocenters. The van der Waals surface area contributed by atoms with Crippen LogP contribution in [0.5, 0.6) is 5.75 Å². The van der Waals surface area contributed by atoms with E-state index in [-0.39, 0.29) is 64.4 Å². The van der Waals surface area contributed by atoms with Gasteiger partial charge >= 0.3 is 63.3 Å². The summed E-state index contributed by atoms with van der Waals surface area (Å²) in [5, 5.41) is 32.9. The molecular weight excluding hydrogens is 629 g/mol. The van der Waals surface area contributed by atoms with Crippen LogP contribution >= 0.6 is 0 Å². The van der Waals surface area contributed by atoms with E-state index in [1.54, 1.807) is 37.3 Å². The topological polar surface area (TPSA) is 159 Å². The molecule has 0 spiro atoms. The third kappa shape index (κ3) is 18.3. The molecule has 11 heteroatoms. The number of rotatable bonds is 25. The number of esters is 1. The van der Waals surface area contributed by atoms with Crippen molar-refractivity contribution in [2.75, 3.05) is 20.3 Å². The average Bonchev–Trinajstić information content (AvgIpc) is 3.04. The number of carbonyl (C=O) groups is 4. The normalized spacial score (nSPS) is 13.3. The number of Topliss-reactive ketones (excluding diaryl/α,β-unsaturated/α-hetero) is 1. The van der Waals surface area contributed by atoms with Crippen molar-refractivity contribution in [2.24, 2.45) is 5.92 Å². The number of carbonyl (C=O) groups excluding carboxylic acids is 3. The van der Waals surface area contributed by atoms with Gasteiger partial charge in [0.2, 0.25) is 5.91 Å². The number of ether oxygens (including phenoxy) is 2. The number of allylic oxidation sites excluding steroid dienone is 1. The minimum atomic E-state index is -2.60. The van der Waals surface area contributed by atoms with Crippen LogP contribution in [-0.2, 0) is 30.3 Å². The summed E-state index contributed by atoms with van der Waals surface area (Å²) < 4.78 is 10.4. The van der Waals surface area contributed by atoms with Crippen LogP contribution in [0.1, 0.15) is 103 Å². The molecule has 4 N–H and O–H groups in total. The van der Waals surface area contributed by atoms with Crippen LogP contribution < -0.4 is 10.1 Å². The molecule has 1 aromatic rings. The molecule has 0 saturated heterocycles. The molecule has 0 saturated carbocycles. The van der Waals surface area contributed by atoms with E-state index in [4.69, 9.17) is 9.47 Å². The molecular formula is C36H54KNO9. The minimum absolute atomic E-state index is 0. The van der Waals surface area contributed by atoms with Crippen LogP contribution in [-0.4, -0.2) is 122 Å². The summed E-state index contributed by atoms with van der Waals surface area (Å²) in [6.45, 7) is 3.43. The molecule has 0 heterocycles. The molecule has 1 rings (SSSR count). The van der Waals surface area contributed by atoms with Crippen molar-refractivity contribution < 1.29 is 44.0 Å². The molecule has 3 atom stereocenters. The molecule has 47 heavy (non-hydrogen) atoms. The second kappa shape index (κ2) is 26.9. The number of carboxylic acid groups (broad SMARTS) is 1. The molecule has 1 amide bonds. The predicted molar refractivity (Wildman–Crippen MR) is 183 cm³/mol. The van der Waals surface area contributed by atoms with Crippen LogP contribution in [0.3, 0.4) is 0 Å². The second-order valence-corrected chi connectivity index (χ2v) is 11.4. The number of methoxy groups -OCH3 is 1. The van der Waals surface area contributed by atoms with Crippen molar-refractivity contribution in [1.29, 1.82) is 0 Å². The average molecular weight is 684 g/mol. The third-order valence-corrected chi connectivity index (χ3v) is 7.78. The Morgan fingerprint density at radius 1 is 0.979 bits per heavy atom. The van der Waals surface area contributed by atoms with Gasteiger partial charge in [0, 0.05) is 32.3 Å².